The van der Waals surface area contributed by atoms with Crippen molar-refractivity contribution in [2.45, 2.75) is 78.0 Å². The summed E-state index contributed by atoms with van der Waals surface area (Å²) in [6, 6.07) is 0. The lowest BCUT2D eigenvalue weighted by atomic mass is 9.77. The van der Waals surface area contributed by atoms with Crippen molar-refractivity contribution in [1.29, 1.82) is 0 Å². The van der Waals surface area contributed by atoms with Crippen LogP contribution in [-0.4, -0.2) is 17.2 Å². The Kier molecular flexibility index (Phi) is 4.25. The highest BCUT2D eigenvalue weighted by atomic mass is 16.5. The molecule has 1 rings (SSSR count). The average molecular weight is 237 g/mol. The molecule has 1 fully saturated rings. The molecule has 1 heterocycles. The Morgan fingerprint density at radius 1 is 1.47 bits per heavy atom. The van der Waals surface area contributed by atoms with Gasteiger partial charge in [0.1, 0.15) is 6.10 Å². The molecule has 98 valence electrons. The summed E-state index contributed by atoms with van der Waals surface area (Å²) in [5.74, 6) is 1.23. The predicted molar refractivity (Wildman–Crippen MR) is 71.8 cm³/mol. The summed E-state index contributed by atoms with van der Waals surface area (Å²) < 4.78 is 6.31. The fraction of sp³-hybridized carbons (Fsp3) is 0.933. The van der Waals surface area contributed by atoms with E-state index in [-0.39, 0.29) is 17.2 Å². The van der Waals surface area contributed by atoms with Crippen LogP contribution in [0.2, 0.25) is 0 Å². The molecule has 17 heavy (non-hydrogen) atoms. The van der Waals surface area contributed by atoms with Crippen molar-refractivity contribution in [2.24, 2.45) is 11.8 Å². The fourth-order valence-electron chi connectivity index (χ4n) is 3.31. The zero-order valence-corrected chi connectivity index (χ0v) is 12.2. The monoisotopic (exact) mass is 237 g/mol. The van der Waals surface area contributed by atoms with Crippen LogP contribution in [-0.2, 0) is 4.74 Å². The first-order valence-corrected chi connectivity index (χ1v) is 6.83. The van der Waals surface area contributed by atoms with Crippen molar-refractivity contribution < 1.29 is 4.74 Å². The average Bonchev–Trinajstić information content (AvgIpc) is 2.62. The van der Waals surface area contributed by atoms with Gasteiger partial charge in [0, 0.05) is 13.8 Å². The second kappa shape index (κ2) is 4.98. The van der Waals surface area contributed by atoms with Gasteiger partial charge in [0.25, 0.3) is 5.54 Å². The molecule has 0 radical (unpaired) electrons. The highest BCUT2D eigenvalue weighted by Gasteiger charge is 2.50. The summed E-state index contributed by atoms with van der Waals surface area (Å²) in [7, 11) is 0. The Morgan fingerprint density at radius 2 is 2.06 bits per heavy atom. The van der Waals surface area contributed by atoms with Gasteiger partial charge in [0.05, 0.1) is 5.60 Å². The molecule has 0 bridgehead atoms. The summed E-state index contributed by atoms with van der Waals surface area (Å²) in [4.78, 5) is 3.72. The van der Waals surface area contributed by atoms with Gasteiger partial charge in [-0.3, -0.25) is 0 Å². The minimum atomic E-state index is -0.382. The van der Waals surface area contributed by atoms with Crippen molar-refractivity contribution in [3.63, 3.8) is 0 Å². The number of nitrogens with zero attached hydrogens (tertiary/aromatic N) is 1. The molecule has 0 N–H and O–H groups in total. The summed E-state index contributed by atoms with van der Waals surface area (Å²) in [5.41, 5.74) is -0.414. The van der Waals surface area contributed by atoms with E-state index < -0.39 is 0 Å². The summed E-state index contributed by atoms with van der Waals surface area (Å²) in [5, 5.41) is 0. The maximum Gasteiger partial charge on any atom is 0.252 e. The third-order valence-corrected chi connectivity index (χ3v) is 4.42. The molecule has 0 spiro atoms. The van der Waals surface area contributed by atoms with E-state index in [2.05, 4.69) is 32.5 Å². The Morgan fingerprint density at radius 3 is 2.47 bits per heavy atom. The van der Waals surface area contributed by atoms with Crippen molar-refractivity contribution in [1.82, 2.24) is 0 Å². The maximum atomic E-state index is 7.28. The lowest BCUT2D eigenvalue weighted by Gasteiger charge is -2.37. The minimum Gasteiger partial charge on any atom is -0.363 e. The molecule has 1 saturated heterocycles. The molecule has 2 nitrogen and oxygen atoms in total. The molecule has 3 unspecified atom stereocenters. The summed E-state index contributed by atoms with van der Waals surface area (Å²) >= 11 is 0. The molecule has 0 aliphatic carbocycles. The summed E-state index contributed by atoms with van der Waals surface area (Å²) in [6.07, 6.45) is 3.36. The molecule has 0 saturated carbocycles. The first kappa shape index (κ1) is 14.5. The van der Waals surface area contributed by atoms with Crippen LogP contribution in [0.4, 0.5) is 0 Å². The van der Waals surface area contributed by atoms with Gasteiger partial charge in [-0.1, -0.05) is 27.2 Å². The van der Waals surface area contributed by atoms with Gasteiger partial charge in [-0.25, -0.2) is 6.57 Å². The molecule has 0 aromatic rings. The lowest BCUT2D eigenvalue weighted by Crippen LogP contribution is -2.41. The Labute approximate surface area is 107 Å². The van der Waals surface area contributed by atoms with Gasteiger partial charge in [-0.2, -0.15) is 0 Å². The maximum absolute atomic E-state index is 7.28. The Bertz CT molecular complexity index is 303. The second-order valence-corrected chi connectivity index (χ2v) is 6.48. The smallest absolute Gasteiger partial charge is 0.252 e. The van der Waals surface area contributed by atoms with Gasteiger partial charge < -0.3 is 9.58 Å². The van der Waals surface area contributed by atoms with E-state index in [0.29, 0.717) is 11.8 Å². The highest BCUT2D eigenvalue weighted by molar-refractivity contribution is 5.03. The molecule has 2 heteroatoms. The van der Waals surface area contributed by atoms with E-state index in [1.165, 1.54) is 0 Å². The second-order valence-electron chi connectivity index (χ2n) is 6.48. The topological polar surface area (TPSA) is 13.6 Å². The van der Waals surface area contributed by atoms with Gasteiger partial charge in [0.15, 0.2) is 0 Å². The van der Waals surface area contributed by atoms with Crippen LogP contribution < -0.4 is 0 Å². The van der Waals surface area contributed by atoms with Crippen molar-refractivity contribution >= 4 is 0 Å². The fourth-order valence-corrected chi connectivity index (χ4v) is 3.31. The normalized spacial score (nSPS) is 31.5. The van der Waals surface area contributed by atoms with E-state index in [9.17, 15) is 0 Å². The predicted octanol–water partition coefficient (Wildman–Crippen LogP) is 4.30. The Hall–Kier alpha value is -0.550. The third kappa shape index (κ3) is 2.83. The van der Waals surface area contributed by atoms with Crippen LogP contribution in [0.5, 0.6) is 0 Å². The molecule has 3 atom stereocenters. The first-order chi connectivity index (χ1) is 7.77. The number of ether oxygens (including phenoxy) is 1. The van der Waals surface area contributed by atoms with Crippen molar-refractivity contribution in [3.05, 3.63) is 11.4 Å². The Balaban J connectivity index is 2.81. The molecule has 1 aliphatic heterocycles. The van der Waals surface area contributed by atoms with Gasteiger partial charge in [-0.05, 0) is 31.6 Å². The summed E-state index contributed by atoms with van der Waals surface area (Å²) in [6.45, 7) is 20.3. The molecule has 0 aromatic carbocycles. The largest absolute Gasteiger partial charge is 0.363 e. The van der Waals surface area contributed by atoms with Crippen LogP contribution in [0.25, 0.3) is 4.85 Å². The first-order valence-electron chi connectivity index (χ1n) is 6.83. The molecule has 0 amide bonds. The van der Waals surface area contributed by atoms with Crippen molar-refractivity contribution in [3.8, 4) is 0 Å². The number of rotatable bonds is 4. The standard InChI is InChI=1S/C15H27NO/c1-8-12(11(2)3)15(6)10-9-13(17-15)14(4,5)16-7/h11-13H,8-10H2,1-6H3. The van der Waals surface area contributed by atoms with Gasteiger partial charge in [-0.15, -0.1) is 0 Å². The molecule has 1 aliphatic rings. The van der Waals surface area contributed by atoms with Crippen LogP contribution in [0.15, 0.2) is 0 Å². The van der Waals surface area contributed by atoms with Crippen LogP contribution in [0.1, 0.15) is 60.8 Å². The van der Waals surface area contributed by atoms with Crippen LogP contribution >= 0.6 is 0 Å². The SMILES string of the molecule is [C-]#[N+]C(C)(C)C1CCC(C)(C(CC)C(C)C)O1. The highest BCUT2D eigenvalue weighted by Crippen LogP contribution is 2.44. The van der Waals surface area contributed by atoms with E-state index in [0.717, 1.165) is 19.3 Å². The minimum absolute atomic E-state index is 0.0322. The third-order valence-electron chi connectivity index (χ3n) is 4.42. The van der Waals surface area contributed by atoms with Crippen molar-refractivity contribution in [2.75, 3.05) is 0 Å². The van der Waals surface area contributed by atoms with E-state index >= 15 is 0 Å². The molecular formula is C15H27NO. The van der Waals surface area contributed by atoms with Gasteiger partial charge in [0.2, 0.25) is 0 Å². The van der Waals surface area contributed by atoms with E-state index in [4.69, 9.17) is 11.3 Å². The molecular weight excluding hydrogens is 210 g/mol. The quantitative estimate of drug-likeness (QED) is 0.664. The zero-order chi connectivity index (χ0) is 13.3. The van der Waals surface area contributed by atoms with Gasteiger partial charge >= 0.3 is 0 Å². The number of hydrogen-bond donors (Lipinski definition) is 0. The molecule has 0 aromatic heterocycles. The van der Waals surface area contributed by atoms with Crippen LogP contribution in [0, 0.1) is 18.4 Å². The zero-order valence-electron chi connectivity index (χ0n) is 12.2. The lowest BCUT2D eigenvalue weighted by molar-refractivity contribution is -0.0928. The van der Waals surface area contributed by atoms with E-state index in [1.54, 1.807) is 0 Å². The van der Waals surface area contributed by atoms with E-state index in [1.807, 2.05) is 13.8 Å². The van der Waals surface area contributed by atoms with Crippen LogP contribution in [0.3, 0.4) is 0 Å². The number of hydrogen-bond acceptors (Lipinski definition) is 1.